The molecule has 0 spiro atoms. The lowest BCUT2D eigenvalue weighted by Gasteiger charge is -2.24. The van der Waals surface area contributed by atoms with Crippen molar-refractivity contribution in [1.82, 2.24) is 24.9 Å². The molecule has 0 radical (unpaired) electrons. The van der Waals surface area contributed by atoms with Crippen LogP contribution in [0.2, 0.25) is 0 Å². The molecule has 4 rings (SSSR count). The molecule has 7 heteroatoms. The summed E-state index contributed by atoms with van der Waals surface area (Å²) in [5.74, 6) is 2.02. The van der Waals surface area contributed by atoms with Crippen LogP contribution in [0.25, 0.3) is 0 Å². The van der Waals surface area contributed by atoms with Crippen molar-refractivity contribution in [3.05, 3.63) is 29.2 Å². The maximum absolute atomic E-state index is 12.9. The van der Waals surface area contributed by atoms with Crippen molar-refractivity contribution in [2.45, 2.75) is 51.4 Å². The predicted octanol–water partition coefficient (Wildman–Crippen LogP) is 1.80. The number of likely N-dealkylation sites (tertiary alicyclic amines) is 1. The Morgan fingerprint density at radius 2 is 2.28 bits per heavy atom. The fraction of sp³-hybridized carbons (Fsp3) is 0.667. The van der Waals surface area contributed by atoms with Crippen molar-refractivity contribution in [1.29, 1.82) is 0 Å². The van der Waals surface area contributed by atoms with Gasteiger partial charge in [-0.3, -0.25) is 9.48 Å². The van der Waals surface area contributed by atoms with Crippen LogP contribution < -0.4 is 0 Å². The van der Waals surface area contributed by atoms with Crippen LogP contribution in [0, 0.1) is 12.8 Å². The van der Waals surface area contributed by atoms with Crippen LogP contribution in [-0.2, 0) is 30.1 Å². The summed E-state index contributed by atoms with van der Waals surface area (Å²) in [6.45, 7) is 5.46. The Balaban J connectivity index is 1.54. The fourth-order valence-electron chi connectivity index (χ4n) is 4.52. The first-order valence-electron chi connectivity index (χ1n) is 9.11. The molecule has 1 aliphatic heterocycles. The highest BCUT2D eigenvalue weighted by Gasteiger charge is 2.54. The van der Waals surface area contributed by atoms with Crippen LogP contribution in [0.3, 0.4) is 0 Å². The van der Waals surface area contributed by atoms with Crippen LogP contribution in [0.5, 0.6) is 0 Å². The highest BCUT2D eigenvalue weighted by atomic mass is 16.4. The number of carbonyl (C=O) groups is 1. The summed E-state index contributed by atoms with van der Waals surface area (Å²) in [6.07, 6.45) is 6.41. The predicted molar refractivity (Wildman–Crippen MR) is 90.9 cm³/mol. The number of fused-ring (bicyclic) bond motifs is 1. The first-order chi connectivity index (χ1) is 12.0. The molecule has 2 aromatic heterocycles. The summed E-state index contributed by atoms with van der Waals surface area (Å²) in [6, 6.07) is 0. The number of nitrogens with zero attached hydrogens (tertiary/aromatic N) is 5. The van der Waals surface area contributed by atoms with Gasteiger partial charge in [-0.15, -0.1) is 10.2 Å². The van der Waals surface area contributed by atoms with E-state index in [1.807, 2.05) is 32.0 Å². The van der Waals surface area contributed by atoms with Crippen molar-refractivity contribution in [2.24, 2.45) is 13.0 Å². The largest absolute Gasteiger partial charge is 0.425 e. The Morgan fingerprint density at radius 3 is 2.96 bits per heavy atom. The molecule has 2 aliphatic rings. The number of aromatic nitrogens is 4. The van der Waals surface area contributed by atoms with E-state index in [4.69, 9.17) is 4.42 Å². The van der Waals surface area contributed by atoms with Gasteiger partial charge in [-0.2, -0.15) is 5.10 Å². The third-order valence-electron chi connectivity index (χ3n) is 5.88. The molecule has 1 saturated carbocycles. The number of aryl methyl sites for hydroxylation is 3. The third-order valence-corrected chi connectivity index (χ3v) is 5.88. The Morgan fingerprint density at radius 1 is 1.44 bits per heavy atom. The average Bonchev–Trinajstić information content (AvgIpc) is 3.30. The van der Waals surface area contributed by atoms with Gasteiger partial charge >= 0.3 is 0 Å². The van der Waals surface area contributed by atoms with Gasteiger partial charge in [0.05, 0.1) is 17.5 Å². The Hall–Kier alpha value is -2.18. The van der Waals surface area contributed by atoms with Gasteiger partial charge in [0, 0.05) is 38.3 Å². The first-order valence-corrected chi connectivity index (χ1v) is 9.11. The molecule has 0 N–H and O–H groups in total. The van der Waals surface area contributed by atoms with E-state index in [0.717, 1.165) is 49.4 Å². The lowest BCUT2D eigenvalue weighted by molar-refractivity contribution is -0.129. The normalized spacial score (nSPS) is 25.6. The van der Waals surface area contributed by atoms with Crippen molar-refractivity contribution in [3.63, 3.8) is 0 Å². The summed E-state index contributed by atoms with van der Waals surface area (Å²) in [7, 11) is 1.89. The second-order valence-corrected chi connectivity index (χ2v) is 7.46. The molecule has 2 fully saturated rings. The standard InChI is InChI=1S/C18H25N5O2/c1-4-15-19-20-17(25-15)18-7-5-6-14(18)10-23(11-18)16(24)8-13-9-22(3)21-12(13)2/h9,14H,4-8,10-11H2,1-3H3/t14-,18-/m0/s1. The molecule has 0 aromatic carbocycles. The van der Waals surface area contributed by atoms with E-state index in [0.29, 0.717) is 24.8 Å². The lowest BCUT2D eigenvalue weighted by atomic mass is 9.80. The maximum atomic E-state index is 12.9. The Bertz CT molecular complexity index is 795. The second-order valence-electron chi connectivity index (χ2n) is 7.46. The maximum Gasteiger partial charge on any atom is 0.227 e. The molecule has 7 nitrogen and oxygen atoms in total. The zero-order valence-electron chi connectivity index (χ0n) is 15.2. The smallest absolute Gasteiger partial charge is 0.227 e. The Kier molecular flexibility index (Phi) is 3.89. The zero-order chi connectivity index (χ0) is 17.6. The molecule has 134 valence electrons. The van der Waals surface area contributed by atoms with E-state index >= 15 is 0 Å². The highest BCUT2D eigenvalue weighted by Crippen LogP contribution is 2.50. The molecule has 25 heavy (non-hydrogen) atoms. The van der Waals surface area contributed by atoms with Gasteiger partial charge < -0.3 is 9.32 Å². The molecule has 2 atom stereocenters. The van der Waals surface area contributed by atoms with Crippen molar-refractivity contribution in [2.75, 3.05) is 13.1 Å². The van der Waals surface area contributed by atoms with Gasteiger partial charge in [-0.05, 0) is 25.7 Å². The van der Waals surface area contributed by atoms with Crippen molar-refractivity contribution < 1.29 is 9.21 Å². The van der Waals surface area contributed by atoms with Gasteiger partial charge in [0.2, 0.25) is 17.7 Å². The molecule has 0 bridgehead atoms. The number of carbonyl (C=O) groups excluding carboxylic acids is 1. The minimum atomic E-state index is -0.139. The minimum Gasteiger partial charge on any atom is -0.425 e. The van der Waals surface area contributed by atoms with Gasteiger partial charge in [0.1, 0.15) is 0 Å². The van der Waals surface area contributed by atoms with Crippen LogP contribution in [0.4, 0.5) is 0 Å². The van der Waals surface area contributed by atoms with Gasteiger partial charge in [-0.25, -0.2) is 0 Å². The highest BCUT2D eigenvalue weighted by molar-refractivity contribution is 5.79. The summed E-state index contributed by atoms with van der Waals surface area (Å²) < 4.78 is 7.68. The van der Waals surface area contributed by atoms with Crippen molar-refractivity contribution >= 4 is 5.91 Å². The van der Waals surface area contributed by atoms with E-state index in [1.54, 1.807) is 4.68 Å². The summed E-state index contributed by atoms with van der Waals surface area (Å²) >= 11 is 0. The molecule has 1 saturated heterocycles. The molecular formula is C18H25N5O2. The second kappa shape index (κ2) is 5.97. The number of hydrogen-bond acceptors (Lipinski definition) is 5. The van der Waals surface area contributed by atoms with E-state index in [2.05, 4.69) is 15.3 Å². The molecule has 3 heterocycles. The molecule has 1 amide bonds. The van der Waals surface area contributed by atoms with Gasteiger partial charge in [0.25, 0.3) is 0 Å². The van der Waals surface area contributed by atoms with E-state index in [-0.39, 0.29) is 11.3 Å². The van der Waals surface area contributed by atoms with E-state index in [1.165, 1.54) is 0 Å². The summed E-state index contributed by atoms with van der Waals surface area (Å²) in [5.41, 5.74) is 1.79. The number of hydrogen-bond donors (Lipinski definition) is 0. The lowest BCUT2D eigenvalue weighted by Crippen LogP contribution is -2.35. The molecule has 0 unspecified atom stereocenters. The van der Waals surface area contributed by atoms with Gasteiger partial charge in [-0.1, -0.05) is 13.3 Å². The van der Waals surface area contributed by atoms with Crippen LogP contribution >= 0.6 is 0 Å². The quantitative estimate of drug-likeness (QED) is 0.846. The van der Waals surface area contributed by atoms with Gasteiger partial charge in [0.15, 0.2) is 0 Å². The zero-order valence-corrected chi connectivity index (χ0v) is 15.2. The monoisotopic (exact) mass is 343 g/mol. The molecule has 2 aromatic rings. The molecular weight excluding hydrogens is 318 g/mol. The summed E-state index contributed by atoms with van der Waals surface area (Å²) in [4.78, 5) is 14.9. The summed E-state index contributed by atoms with van der Waals surface area (Å²) in [5, 5.41) is 12.8. The number of rotatable bonds is 4. The van der Waals surface area contributed by atoms with Crippen molar-refractivity contribution in [3.8, 4) is 0 Å². The van der Waals surface area contributed by atoms with Crippen LogP contribution in [0.15, 0.2) is 10.6 Å². The van der Waals surface area contributed by atoms with Crippen LogP contribution in [-0.4, -0.2) is 43.9 Å². The van der Waals surface area contributed by atoms with E-state index in [9.17, 15) is 4.79 Å². The number of amides is 1. The fourth-order valence-corrected chi connectivity index (χ4v) is 4.52. The topological polar surface area (TPSA) is 77.1 Å². The van der Waals surface area contributed by atoms with E-state index < -0.39 is 0 Å². The van der Waals surface area contributed by atoms with Crippen LogP contribution in [0.1, 0.15) is 49.2 Å². The SMILES string of the molecule is CCc1nnc([C@]23CCC[C@H]2CN(C(=O)Cc2cn(C)nc2C)C3)o1. The third kappa shape index (κ3) is 2.65. The average molecular weight is 343 g/mol. The first kappa shape index (κ1) is 16.3. The molecule has 1 aliphatic carbocycles. The minimum absolute atomic E-state index is 0.139. The Labute approximate surface area is 147 Å².